The Kier molecular flexibility index (Phi) is 2.37. The molecule has 1 unspecified atom stereocenters. The Morgan fingerprint density at radius 2 is 2.38 bits per heavy atom. The molecule has 0 radical (unpaired) electrons. The van der Waals surface area contributed by atoms with Gasteiger partial charge in [-0.25, -0.2) is 4.79 Å². The summed E-state index contributed by atoms with van der Waals surface area (Å²) >= 11 is 0. The molecule has 5 heteroatoms. The molecule has 1 atom stereocenters. The molecule has 2 bridgehead atoms. The lowest BCUT2D eigenvalue weighted by atomic mass is 9.99. The van der Waals surface area contributed by atoms with Gasteiger partial charge in [0.15, 0.2) is 0 Å². The highest BCUT2D eigenvalue weighted by atomic mass is 28.1. The van der Waals surface area contributed by atoms with E-state index in [0.717, 1.165) is 30.8 Å². The van der Waals surface area contributed by atoms with Gasteiger partial charge < -0.3 is 13.9 Å². The van der Waals surface area contributed by atoms with Gasteiger partial charge in [-0.1, -0.05) is 6.04 Å². The number of furan rings is 1. The van der Waals surface area contributed by atoms with Gasteiger partial charge in [-0.2, -0.15) is 0 Å². The molecule has 86 valence electrons. The predicted octanol–water partition coefficient (Wildman–Crippen LogP) is 0.738. The van der Waals surface area contributed by atoms with Crippen LogP contribution in [0.4, 0.5) is 0 Å². The summed E-state index contributed by atoms with van der Waals surface area (Å²) in [6.07, 6.45) is 1.82. The average Bonchev–Trinajstić information content (AvgIpc) is 2.91. The molecule has 0 fully saturated rings. The van der Waals surface area contributed by atoms with Gasteiger partial charge in [-0.15, -0.1) is 0 Å². The molecule has 3 heterocycles. The SMILES string of the molecule is O=C1OCc2c3oc(c21)C(OCCC[SiH3])C3. The maximum Gasteiger partial charge on any atom is 0.342 e. The normalized spacial score (nSPS) is 21.5. The zero-order chi connectivity index (χ0) is 11.1. The number of hydrogen-bond donors (Lipinski definition) is 0. The molecule has 2 aliphatic heterocycles. The number of cyclic esters (lactones) is 1. The van der Waals surface area contributed by atoms with Crippen LogP contribution in [0.25, 0.3) is 0 Å². The zero-order valence-electron chi connectivity index (χ0n) is 9.25. The van der Waals surface area contributed by atoms with Crippen LogP contribution in [0.2, 0.25) is 6.04 Å². The average molecular weight is 238 g/mol. The van der Waals surface area contributed by atoms with E-state index in [1.54, 1.807) is 0 Å². The van der Waals surface area contributed by atoms with E-state index in [9.17, 15) is 4.79 Å². The van der Waals surface area contributed by atoms with Crippen LogP contribution in [0.5, 0.6) is 0 Å². The summed E-state index contributed by atoms with van der Waals surface area (Å²) in [7, 11) is 1.21. The Bertz CT molecular complexity index is 437. The van der Waals surface area contributed by atoms with Gasteiger partial charge in [0.1, 0.15) is 29.8 Å². The molecule has 1 aromatic heterocycles. The summed E-state index contributed by atoms with van der Waals surface area (Å²) in [4.78, 5) is 11.5. The van der Waals surface area contributed by atoms with E-state index in [1.807, 2.05) is 0 Å². The topological polar surface area (TPSA) is 48.7 Å². The molecule has 0 spiro atoms. The number of carbonyl (C=O) groups is 1. The molecular weight excluding hydrogens is 224 g/mol. The molecule has 0 amide bonds. The zero-order valence-corrected chi connectivity index (χ0v) is 11.2. The monoisotopic (exact) mass is 238 g/mol. The van der Waals surface area contributed by atoms with Crippen molar-refractivity contribution in [2.75, 3.05) is 6.61 Å². The highest BCUT2D eigenvalue weighted by Gasteiger charge is 2.41. The third-order valence-corrected chi connectivity index (χ3v) is 3.86. The van der Waals surface area contributed by atoms with E-state index in [1.165, 1.54) is 16.3 Å². The highest BCUT2D eigenvalue weighted by Crippen LogP contribution is 2.42. The van der Waals surface area contributed by atoms with Gasteiger partial charge in [0.25, 0.3) is 0 Å². The highest BCUT2D eigenvalue weighted by molar-refractivity contribution is 6.08. The molecule has 3 rings (SSSR count). The van der Waals surface area contributed by atoms with E-state index >= 15 is 0 Å². The van der Waals surface area contributed by atoms with E-state index in [0.29, 0.717) is 17.9 Å². The second-order valence-electron chi connectivity index (χ2n) is 4.24. The first-order valence-corrected chi connectivity index (χ1v) is 7.15. The molecule has 0 aliphatic carbocycles. The molecule has 1 aromatic rings. The number of ether oxygens (including phenoxy) is 2. The number of rotatable bonds is 4. The van der Waals surface area contributed by atoms with Crippen molar-refractivity contribution in [3.63, 3.8) is 0 Å². The summed E-state index contributed by atoms with van der Waals surface area (Å²) in [6, 6.07) is 1.25. The molecule has 0 saturated heterocycles. The fraction of sp³-hybridized carbons (Fsp3) is 0.545. The lowest BCUT2D eigenvalue weighted by Crippen LogP contribution is -2.11. The molecule has 4 nitrogen and oxygen atoms in total. The van der Waals surface area contributed by atoms with E-state index in [2.05, 4.69) is 0 Å². The van der Waals surface area contributed by atoms with Gasteiger partial charge in [-0.05, 0) is 6.42 Å². The lowest BCUT2D eigenvalue weighted by Gasteiger charge is -2.12. The fourth-order valence-corrected chi connectivity index (χ4v) is 2.57. The molecular formula is C11H14O4Si. The second-order valence-corrected chi connectivity index (χ2v) is 5.24. The van der Waals surface area contributed by atoms with Crippen LogP contribution in [0, 0.1) is 0 Å². The summed E-state index contributed by atoms with van der Waals surface area (Å²) < 4.78 is 16.3. The minimum Gasteiger partial charge on any atom is -0.462 e. The number of hydrogen-bond acceptors (Lipinski definition) is 4. The van der Waals surface area contributed by atoms with Crippen molar-refractivity contribution in [1.82, 2.24) is 0 Å². The fourth-order valence-electron chi connectivity index (χ4n) is 2.28. The second kappa shape index (κ2) is 3.75. The summed E-state index contributed by atoms with van der Waals surface area (Å²) in [6.45, 7) is 1.13. The third-order valence-electron chi connectivity index (χ3n) is 3.15. The van der Waals surface area contributed by atoms with Crippen LogP contribution in [0.3, 0.4) is 0 Å². The van der Waals surface area contributed by atoms with Crippen molar-refractivity contribution in [2.24, 2.45) is 0 Å². The summed E-state index contributed by atoms with van der Waals surface area (Å²) in [5, 5.41) is 0. The Morgan fingerprint density at radius 3 is 3.19 bits per heavy atom. The Balaban J connectivity index is 1.78. The van der Waals surface area contributed by atoms with Gasteiger partial charge in [0.05, 0.1) is 0 Å². The van der Waals surface area contributed by atoms with E-state index in [-0.39, 0.29) is 12.1 Å². The standard InChI is InChI=1S/C11H14O4Si/c12-11-9-6(5-14-11)7-4-8(10(9)15-7)13-2-1-3-16/h8H,1-5H2,16H3. The largest absolute Gasteiger partial charge is 0.462 e. The Morgan fingerprint density at radius 1 is 1.50 bits per heavy atom. The maximum atomic E-state index is 11.5. The smallest absolute Gasteiger partial charge is 0.342 e. The van der Waals surface area contributed by atoms with Crippen molar-refractivity contribution in [2.45, 2.75) is 31.6 Å². The Labute approximate surface area is 96.3 Å². The van der Waals surface area contributed by atoms with Crippen molar-refractivity contribution in [1.29, 1.82) is 0 Å². The van der Waals surface area contributed by atoms with Crippen LogP contribution < -0.4 is 0 Å². The number of esters is 1. The summed E-state index contributed by atoms with van der Waals surface area (Å²) in [5.41, 5.74) is 1.58. The molecule has 2 aliphatic rings. The first kappa shape index (κ1) is 10.1. The minimum atomic E-state index is -0.254. The van der Waals surface area contributed by atoms with Crippen molar-refractivity contribution >= 4 is 16.2 Å². The van der Waals surface area contributed by atoms with Gasteiger partial charge in [0.2, 0.25) is 0 Å². The first-order chi connectivity index (χ1) is 7.81. The number of carbonyl (C=O) groups excluding carboxylic acids is 1. The van der Waals surface area contributed by atoms with Crippen molar-refractivity contribution < 1.29 is 18.7 Å². The van der Waals surface area contributed by atoms with Crippen LogP contribution >= 0.6 is 0 Å². The van der Waals surface area contributed by atoms with Gasteiger partial charge in [0, 0.05) is 28.8 Å². The lowest BCUT2D eigenvalue weighted by molar-refractivity contribution is 0.0463. The number of fused-ring (bicyclic) bond motifs is 5. The van der Waals surface area contributed by atoms with Crippen LogP contribution in [0.15, 0.2) is 4.42 Å². The van der Waals surface area contributed by atoms with Crippen molar-refractivity contribution in [3.8, 4) is 0 Å². The van der Waals surface area contributed by atoms with Gasteiger partial charge >= 0.3 is 5.97 Å². The first-order valence-electron chi connectivity index (χ1n) is 5.74. The summed E-state index contributed by atoms with van der Waals surface area (Å²) in [5.74, 6) is 1.32. The molecule has 0 N–H and O–H groups in total. The van der Waals surface area contributed by atoms with Crippen LogP contribution in [-0.4, -0.2) is 22.8 Å². The third kappa shape index (κ3) is 1.35. The molecule has 0 saturated carbocycles. The molecule has 0 aromatic carbocycles. The molecule has 16 heavy (non-hydrogen) atoms. The van der Waals surface area contributed by atoms with Crippen molar-refractivity contribution in [3.05, 3.63) is 22.6 Å². The Hall–Kier alpha value is -1.07. The predicted molar refractivity (Wildman–Crippen MR) is 59.6 cm³/mol. The maximum absolute atomic E-state index is 11.5. The van der Waals surface area contributed by atoms with E-state index < -0.39 is 0 Å². The quantitative estimate of drug-likeness (QED) is 0.441. The van der Waals surface area contributed by atoms with Crippen LogP contribution in [-0.2, 0) is 22.5 Å². The van der Waals surface area contributed by atoms with Gasteiger partial charge in [-0.3, -0.25) is 0 Å². The van der Waals surface area contributed by atoms with Crippen LogP contribution in [0.1, 0.15) is 40.0 Å². The minimum absolute atomic E-state index is 0.0485. The van der Waals surface area contributed by atoms with E-state index in [4.69, 9.17) is 13.9 Å².